The van der Waals surface area contributed by atoms with Crippen LogP contribution in [0.25, 0.3) is 0 Å². The zero-order valence-corrected chi connectivity index (χ0v) is 17.9. The third kappa shape index (κ3) is 3.83. The number of anilines is 1. The number of carbonyl (C=O) groups is 2. The highest BCUT2D eigenvalue weighted by Gasteiger charge is 2.40. The molecular formula is C21H17BrClF3N2O2. The summed E-state index contributed by atoms with van der Waals surface area (Å²) in [6, 6.07) is 6.22. The summed E-state index contributed by atoms with van der Waals surface area (Å²) >= 11 is 9.56. The van der Waals surface area contributed by atoms with Crippen molar-refractivity contribution in [2.45, 2.75) is 31.7 Å². The van der Waals surface area contributed by atoms with Crippen LogP contribution < -0.4 is 10.6 Å². The van der Waals surface area contributed by atoms with Crippen LogP contribution in [0.15, 0.2) is 34.8 Å². The Balaban J connectivity index is 1.74. The molecule has 1 aliphatic carbocycles. The van der Waals surface area contributed by atoms with Crippen molar-refractivity contribution in [1.82, 2.24) is 5.32 Å². The lowest BCUT2D eigenvalue weighted by Crippen LogP contribution is -2.30. The average molecular weight is 502 g/mol. The molecule has 1 saturated carbocycles. The van der Waals surface area contributed by atoms with Gasteiger partial charge in [-0.1, -0.05) is 34.0 Å². The number of hydrogen-bond donors (Lipinski definition) is 2. The molecule has 1 heterocycles. The fourth-order valence-electron chi connectivity index (χ4n) is 4.31. The molecule has 9 heteroatoms. The van der Waals surface area contributed by atoms with Gasteiger partial charge in [0.1, 0.15) is 5.82 Å². The standard InChI is InChI=1S/C21H17BrClF3N2O2/c22-9-6-14-17(18(28-21(14)30)13-8-10(24)4-5-15(13)23)16(7-9)27-20(29)12-3-1-2-11(12)19(25)26/h4-8,11-12,18-19H,1-3H2,(H,27,29)(H,28,30). The molecule has 4 rings (SSSR count). The van der Waals surface area contributed by atoms with Crippen molar-refractivity contribution in [3.63, 3.8) is 0 Å². The second-order valence-electron chi connectivity index (χ2n) is 7.51. The zero-order valence-electron chi connectivity index (χ0n) is 15.5. The predicted molar refractivity (Wildman–Crippen MR) is 110 cm³/mol. The van der Waals surface area contributed by atoms with Crippen molar-refractivity contribution in [2.75, 3.05) is 5.32 Å². The van der Waals surface area contributed by atoms with Gasteiger partial charge >= 0.3 is 0 Å². The van der Waals surface area contributed by atoms with Crippen LogP contribution in [0.2, 0.25) is 5.02 Å². The molecule has 0 radical (unpaired) electrons. The molecule has 3 unspecified atom stereocenters. The molecule has 30 heavy (non-hydrogen) atoms. The highest BCUT2D eigenvalue weighted by atomic mass is 79.9. The normalized spacial score (nSPS) is 22.9. The van der Waals surface area contributed by atoms with Gasteiger partial charge in [-0.15, -0.1) is 0 Å². The summed E-state index contributed by atoms with van der Waals surface area (Å²) in [4.78, 5) is 25.4. The molecule has 2 amide bonds. The molecule has 2 aromatic rings. The number of halogens is 5. The van der Waals surface area contributed by atoms with Gasteiger partial charge in [-0.3, -0.25) is 9.59 Å². The van der Waals surface area contributed by atoms with Crippen LogP contribution in [0.3, 0.4) is 0 Å². The quantitative estimate of drug-likeness (QED) is 0.565. The molecule has 4 nitrogen and oxygen atoms in total. The Morgan fingerprint density at radius 2 is 2.00 bits per heavy atom. The zero-order chi connectivity index (χ0) is 21.6. The summed E-state index contributed by atoms with van der Waals surface area (Å²) in [7, 11) is 0. The fraction of sp³-hybridized carbons (Fsp3) is 0.333. The van der Waals surface area contributed by atoms with Gasteiger partial charge in [0.2, 0.25) is 12.3 Å². The Bertz CT molecular complexity index is 1030. The SMILES string of the molecule is O=C1NC(c2cc(F)ccc2Cl)c2c(NC(=O)C3CCCC3C(F)F)cc(Br)cc21. The number of alkyl halides is 2. The van der Waals surface area contributed by atoms with Gasteiger partial charge in [-0.05, 0) is 43.2 Å². The Hall–Kier alpha value is -2.06. The highest BCUT2D eigenvalue weighted by Crippen LogP contribution is 2.42. The first kappa shape index (κ1) is 21.2. The van der Waals surface area contributed by atoms with E-state index in [0.717, 1.165) is 0 Å². The number of benzene rings is 2. The maximum Gasteiger partial charge on any atom is 0.252 e. The predicted octanol–water partition coefficient (Wildman–Crippen LogP) is 5.69. The monoisotopic (exact) mass is 500 g/mol. The number of carbonyl (C=O) groups excluding carboxylic acids is 2. The summed E-state index contributed by atoms with van der Waals surface area (Å²) in [5.41, 5.74) is 1.36. The van der Waals surface area contributed by atoms with Crippen LogP contribution in [0.5, 0.6) is 0 Å². The van der Waals surface area contributed by atoms with E-state index in [1.807, 2.05) is 0 Å². The van der Waals surface area contributed by atoms with E-state index in [2.05, 4.69) is 26.6 Å². The Kier molecular flexibility index (Phi) is 5.81. The summed E-state index contributed by atoms with van der Waals surface area (Å²) in [5.74, 6) is -3.23. The Morgan fingerprint density at radius 1 is 1.23 bits per heavy atom. The van der Waals surface area contributed by atoms with E-state index in [1.165, 1.54) is 18.2 Å². The smallest absolute Gasteiger partial charge is 0.252 e. The van der Waals surface area contributed by atoms with Crippen molar-refractivity contribution >= 4 is 45.0 Å². The van der Waals surface area contributed by atoms with Crippen LogP contribution >= 0.6 is 27.5 Å². The molecule has 0 bridgehead atoms. The van der Waals surface area contributed by atoms with Crippen molar-refractivity contribution in [2.24, 2.45) is 11.8 Å². The first-order valence-corrected chi connectivity index (χ1v) is 10.6. The minimum absolute atomic E-state index is 0.253. The first-order chi connectivity index (χ1) is 14.3. The van der Waals surface area contributed by atoms with Crippen molar-refractivity contribution in [3.8, 4) is 0 Å². The maximum absolute atomic E-state index is 13.9. The van der Waals surface area contributed by atoms with Crippen LogP contribution in [0.4, 0.5) is 18.9 Å². The van der Waals surface area contributed by atoms with E-state index >= 15 is 0 Å². The third-order valence-corrected chi connectivity index (χ3v) is 6.51. The number of hydrogen-bond acceptors (Lipinski definition) is 2. The van der Waals surface area contributed by atoms with Gasteiger partial charge in [0, 0.05) is 43.7 Å². The van der Waals surface area contributed by atoms with E-state index in [0.29, 0.717) is 46.1 Å². The van der Waals surface area contributed by atoms with Crippen LogP contribution in [-0.2, 0) is 4.79 Å². The van der Waals surface area contributed by atoms with Gasteiger partial charge in [0.15, 0.2) is 0 Å². The van der Waals surface area contributed by atoms with Gasteiger partial charge in [0.05, 0.1) is 6.04 Å². The second-order valence-corrected chi connectivity index (χ2v) is 8.83. The molecule has 2 N–H and O–H groups in total. The highest BCUT2D eigenvalue weighted by molar-refractivity contribution is 9.10. The van der Waals surface area contributed by atoms with Crippen LogP contribution in [0, 0.1) is 17.7 Å². The summed E-state index contributed by atoms with van der Waals surface area (Å²) in [6.07, 6.45) is -1.33. The topological polar surface area (TPSA) is 58.2 Å². The number of fused-ring (bicyclic) bond motifs is 1. The molecule has 0 saturated heterocycles. The molecule has 0 spiro atoms. The van der Waals surface area contributed by atoms with E-state index in [-0.39, 0.29) is 5.02 Å². The summed E-state index contributed by atoms with van der Waals surface area (Å²) < 4.78 is 41.0. The van der Waals surface area contributed by atoms with Crippen molar-refractivity contribution in [1.29, 1.82) is 0 Å². The number of nitrogens with one attached hydrogen (secondary N) is 2. The van der Waals surface area contributed by atoms with Gasteiger partial charge < -0.3 is 10.6 Å². The lowest BCUT2D eigenvalue weighted by Gasteiger charge is -2.21. The average Bonchev–Trinajstić information content (AvgIpc) is 3.29. The van der Waals surface area contributed by atoms with E-state index in [9.17, 15) is 22.8 Å². The van der Waals surface area contributed by atoms with Crippen LogP contribution in [0.1, 0.15) is 46.8 Å². The van der Waals surface area contributed by atoms with E-state index in [1.54, 1.807) is 12.1 Å². The first-order valence-electron chi connectivity index (χ1n) is 9.44. The molecule has 3 atom stereocenters. The second kappa shape index (κ2) is 8.23. The molecule has 1 fully saturated rings. The number of rotatable bonds is 4. The van der Waals surface area contributed by atoms with Crippen molar-refractivity contribution < 1.29 is 22.8 Å². The van der Waals surface area contributed by atoms with Crippen LogP contribution in [-0.4, -0.2) is 18.2 Å². The maximum atomic E-state index is 13.9. The molecule has 0 aromatic heterocycles. The lowest BCUT2D eigenvalue weighted by atomic mass is 9.93. The van der Waals surface area contributed by atoms with E-state index in [4.69, 9.17) is 11.6 Å². The fourth-order valence-corrected chi connectivity index (χ4v) is 5.00. The van der Waals surface area contributed by atoms with E-state index < -0.39 is 41.9 Å². The number of amides is 2. The summed E-state index contributed by atoms with van der Waals surface area (Å²) in [5, 5.41) is 5.74. The molecule has 2 aliphatic rings. The summed E-state index contributed by atoms with van der Waals surface area (Å²) in [6.45, 7) is 0. The molecule has 2 aromatic carbocycles. The molecule has 1 aliphatic heterocycles. The Morgan fingerprint density at radius 3 is 2.73 bits per heavy atom. The molecular weight excluding hydrogens is 485 g/mol. The third-order valence-electron chi connectivity index (χ3n) is 5.71. The van der Waals surface area contributed by atoms with Gasteiger partial charge in [-0.25, -0.2) is 13.2 Å². The van der Waals surface area contributed by atoms with Gasteiger partial charge in [-0.2, -0.15) is 0 Å². The minimum atomic E-state index is -2.57. The van der Waals surface area contributed by atoms with Crippen molar-refractivity contribution in [3.05, 3.63) is 62.3 Å². The Labute approximate surface area is 184 Å². The molecule has 158 valence electrons. The minimum Gasteiger partial charge on any atom is -0.341 e. The largest absolute Gasteiger partial charge is 0.341 e. The van der Waals surface area contributed by atoms with Gasteiger partial charge in [0.25, 0.3) is 5.91 Å². The lowest BCUT2D eigenvalue weighted by molar-refractivity contribution is -0.122.